The Hall–Kier alpha value is -1.55. The quantitative estimate of drug-likeness (QED) is 0.826. The second kappa shape index (κ2) is 3.31. The highest BCUT2D eigenvalue weighted by Crippen LogP contribution is 2.24. The Bertz CT molecular complexity index is 492. The molecule has 0 saturated heterocycles. The van der Waals surface area contributed by atoms with Gasteiger partial charge in [-0.3, -0.25) is 4.79 Å². The zero-order valence-corrected chi connectivity index (χ0v) is 7.78. The van der Waals surface area contributed by atoms with Gasteiger partial charge in [-0.15, -0.1) is 0 Å². The number of hydrogen-bond donors (Lipinski definition) is 1. The van der Waals surface area contributed by atoms with Gasteiger partial charge in [0.1, 0.15) is 0 Å². The minimum absolute atomic E-state index is 0.119. The van der Waals surface area contributed by atoms with Gasteiger partial charge in [-0.05, 0) is 12.1 Å². The molecule has 4 nitrogen and oxygen atoms in total. The van der Waals surface area contributed by atoms with Crippen molar-refractivity contribution in [1.82, 2.24) is 5.16 Å². The molecule has 0 unspecified atom stereocenters. The van der Waals surface area contributed by atoms with Crippen molar-refractivity contribution < 1.29 is 14.4 Å². The second-order valence-electron chi connectivity index (χ2n) is 2.88. The van der Waals surface area contributed by atoms with Gasteiger partial charge in [0.15, 0.2) is 5.58 Å². The van der Waals surface area contributed by atoms with Crippen molar-refractivity contribution in [1.29, 1.82) is 0 Å². The molecule has 0 bridgehead atoms. The highest BCUT2D eigenvalue weighted by atomic mass is 35.5. The Morgan fingerprint density at radius 3 is 3.07 bits per heavy atom. The van der Waals surface area contributed by atoms with Crippen LogP contribution in [-0.4, -0.2) is 16.2 Å². The van der Waals surface area contributed by atoms with E-state index in [1.165, 1.54) is 6.20 Å². The van der Waals surface area contributed by atoms with Gasteiger partial charge in [-0.1, -0.05) is 16.8 Å². The van der Waals surface area contributed by atoms with Gasteiger partial charge in [0.25, 0.3) is 0 Å². The highest BCUT2D eigenvalue weighted by Gasteiger charge is 2.10. The molecule has 0 aliphatic rings. The molecule has 1 heterocycles. The first-order chi connectivity index (χ1) is 6.66. The first-order valence-corrected chi connectivity index (χ1v) is 4.29. The van der Waals surface area contributed by atoms with Gasteiger partial charge in [-0.25, -0.2) is 0 Å². The zero-order valence-electron chi connectivity index (χ0n) is 7.03. The Balaban J connectivity index is 2.60. The minimum atomic E-state index is -0.926. The van der Waals surface area contributed by atoms with Gasteiger partial charge in [-0.2, -0.15) is 0 Å². The van der Waals surface area contributed by atoms with Crippen molar-refractivity contribution in [2.45, 2.75) is 6.42 Å². The van der Waals surface area contributed by atoms with E-state index < -0.39 is 5.97 Å². The average molecular weight is 212 g/mol. The maximum absolute atomic E-state index is 10.5. The van der Waals surface area contributed by atoms with Crippen LogP contribution in [0.5, 0.6) is 0 Å². The Labute approximate surface area is 84.1 Å². The number of hydrogen-bond acceptors (Lipinski definition) is 3. The van der Waals surface area contributed by atoms with E-state index in [-0.39, 0.29) is 6.42 Å². The molecule has 0 aliphatic heterocycles. The lowest BCUT2D eigenvalue weighted by Gasteiger charge is -1.98. The van der Waals surface area contributed by atoms with Crippen LogP contribution in [0.2, 0.25) is 5.02 Å². The van der Waals surface area contributed by atoms with E-state index in [1.54, 1.807) is 12.1 Å². The van der Waals surface area contributed by atoms with E-state index in [2.05, 4.69) is 5.16 Å². The third kappa shape index (κ3) is 1.56. The Kier molecular flexibility index (Phi) is 2.13. The van der Waals surface area contributed by atoms with Crippen molar-refractivity contribution >= 4 is 28.5 Å². The Morgan fingerprint density at radius 2 is 2.36 bits per heavy atom. The molecule has 0 saturated carbocycles. The molecule has 0 spiro atoms. The molecule has 1 aromatic carbocycles. The van der Waals surface area contributed by atoms with Crippen LogP contribution < -0.4 is 0 Å². The predicted octanol–water partition coefficient (Wildman–Crippen LogP) is 2.11. The number of benzene rings is 1. The van der Waals surface area contributed by atoms with E-state index in [1.807, 2.05) is 0 Å². The molecule has 0 radical (unpaired) electrons. The number of rotatable bonds is 2. The van der Waals surface area contributed by atoms with Crippen LogP contribution in [-0.2, 0) is 11.2 Å². The summed E-state index contributed by atoms with van der Waals surface area (Å²) >= 11 is 5.80. The predicted molar refractivity (Wildman–Crippen MR) is 50.4 cm³/mol. The summed E-state index contributed by atoms with van der Waals surface area (Å²) in [6.07, 6.45) is 1.39. The average Bonchev–Trinajstić information content (AvgIpc) is 2.50. The molecule has 5 heteroatoms. The number of halogens is 1. The van der Waals surface area contributed by atoms with Crippen LogP contribution in [0.25, 0.3) is 11.0 Å². The van der Waals surface area contributed by atoms with Crippen LogP contribution in [0.1, 0.15) is 5.56 Å². The van der Waals surface area contributed by atoms with Crippen molar-refractivity contribution in [2.75, 3.05) is 0 Å². The fraction of sp³-hybridized carbons (Fsp3) is 0.111. The summed E-state index contributed by atoms with van der Waals surface area (Å²) in [5.41, 5.74) is 1.02. The number of carboxylic acid groups (broad SMARTS) is 1. The number of fused-ring (bicyclic) bond motifs is 1. The molecule has 14 heavy (non-hydrogen) atoms. The summed E-state index contributed by atoms with van der Waals surface area (Å²) < 4.78 is 4.93. The molecule has 2 aromatic rings. The maximum atomic E-state index is 10.5. The van der Waals surface area contributed by atoms with Crippen LogP contribution >= 0.6 is 11.6 Å². The fourth-order valence-corrected chi connectivity index (χ4v) is 1.56. The topological polar surface area (TPSA) is 63.3 Å². The normalized spacial score (nSPS) is 10.6. The number of carboxylic acids is 1. The van der Waals surface area contributed by atoms with Gasteiger partial charge in [0.2, 0.25) is 0 Å². The number of aromatic nitrogens is 1. The third-order valence-corrected chi connectivity index (χ3v) is 2.06. The molecular weight excluding hydrogens is 206 g/mol. The van der Waals surface area contributed by atoms with Gasteiger partial charge < -0.3 is 9.63 Å². The summed E-state index contributed by atoms with van der Waals surface area (Å²) in [5, 5.41) is 13.4. The number of nitrogens with zero attached hydrogens (tertiary/aromatic N) is 1. The zero-order chi connectivity index (χ0) is 10.1. The number of aliphatic carboxylic acids is 1. The summed E-state index contributed by atoms with van der Waals surface area (Å²) in [6, 6.07) is 3.25. The first kappa shape index (κ1) is 9.02. The van der Waals surface area contributed by atoms with Crippen LogP contribution in [0.4, 0.5) is 0 Å². The highest BCUT2D eigenvalue weighted by molar-refractivity contribution is 6.31. The van der Waals surface area contributed by atoms with Crippen LogP contribution in [0.15, 0.2) is 22.9 Å². The molecule has 0 aliphatic carbocycles. The Morgan fingerprint density at radius 1 is 1.57 bits per heavy atom. The summed E-state index contributed by atoms with van der Waals surface area (Å²) in [4.78, 5) is 10.5. The molecule has 0 fully saturated rings. The molecule has 1 N–H and O–H groups in total. The maximum Gasteiger partial charge on any atom is 0.307 e. The molecule has 0 amide bonds. The molecule has 0 atom stereocenters. The second-order valence-corrected chi connectivity index (χ2v) is 3.32. The molecule has 2 rings (SSSR count). The standard InChI is InChI=1S/C9H6ClNO3/c10-7-1-5(3-8(12)13)9-6(2-7)4-11-14-9/h1-2,4H,3H2,(H,12,13). The summed E-state index contributed by atoms with van der Waals surface area (Å²) in [7, 11) is 0. The van der Waals surface area contributed by atoms with E-state index >= 15 is 0 Å². The largest absolute Gasteiger partial charge is 0.481 e. The SMILES string of the molecule is O=C(O)Cc1cc(Cl)cc2cnoc12. The lowest BCUT2D eigenvalue weighted by atomic mass is 10.1. The number of carbonyl (C=O) groups is 1. The van der Waals surface area contributed by atoms with E-state index in [0.717, 1.165) is 0 Å². The van der Waals surface area contributed by atoms with Gasteiger partial charge in [0, 0.05) is 16.0 Å². The third-order valence-electron chi connectivity index (χ3n) is 1.84. The van der Waals surface area contributed by atoms with Crippen molar-refractivity contribution in [3.05, 3.63) is 28.9 Å². The lowest BCUT2D eigenvalue weighted by molar-refractivity contribution is -0.136. The van der Waals surface area contributed by atoms with Gasteiger partial charge in [0.05, 0.1) is 12.6 Å². The van der Waals surface area contributed by atoms with Gasteiger partial charge >= 0.3 is 5.97 Å². The van der Waals surface area contributed by atoms with Crippen molar-refractivity contribution in [3.63, 3.8) is 0 Å². The summed E-state index contributed by atoms with van der Waals surface area (Å²) in [5.74, 6) is -0.926. The summed E-state index contributed by atoms with van der Waals surface area (Å²) in [6.45, 7) is 0. The van der Waals surface area contributed by atoms with Crippen LogP contribution in [0.3, 0.4) is 0 Å². The smallest absolute Gasteiger partial charge is 0.307 e. The van der Waals surface area contributed by atoms with E-state index in [0.29, 0.717) is 21.6 Å². The molecule has 1 aromatic heterocycles. The first-order valence-electron chi connectivity index (χ1n) is 3.91. The van der Waals surface area contributed by atoms with Crippen molar-refractivity contribution in [3.8, 4) is 0 Å². The van der Waals surface area contributed by atoms with Crippen LogP contribution in [0, 0.1) is 0 Å². The minimum Gasteiger partial charge on any atom is -0.481 e. The monoisotopic (exact) mass is 211 g/mol. The molecular formula is C9H6ClNO3. The fourth-order valence-electron chi connectivity index (χ4n) is 1.31. The lowest BCUT2D eigenvalue weighted by Crippen LogP contribution is -2.00. The molecule has 72 valence electrons. The van der Waals surface area contributed by atoms with E-state index in [4.69, 9.17) is 21.2 Å². The van der Waals surface area contributed by atoms with E-state index in [9.17, 15) is 4.79 Å². The van der Waals surface area contributed by atoms with Crippen molar-refractivity contribution in [2.24, 2.45) is 0 Å².